The molecule has 0 unspecified atom stereocenters. The van der Waals surface area contributed by atoms with Crippen LogP contribution in [0.5, 0.6) is 5.75 Å². The molecule has 0 atom stereocenters. The number of hydrogen-bond acceptors (Lipinski definition) is 5. The molecule has 0 aliphatic carbocycles. The molecular weight excluding hydrogens is 391 g/mol. The Bertz CT molecular complexity index is 1000. The number of rotatable bonds is 4. The van der Waals surface area contributed by atoms with E-state index in [9.17, 15) is 0 Å². The summed E-state index contributed by atoms with van der Waals surface area (Å²) >= 11 is 14.1. The van der Waals surface area contributed by atoms with Gasteiger partial charge in [-0.15, -0.1) is 10.2 Å². The molecule has 0 fully saturated rings. The quantitative estimate of drug-likeness (QED) is 0.639. The summed E-state index contributed by atoms with van der Waals surface area (Å²) in [5, 5.41) is 12.4. The topological polar surface area (TPSA) is 52.0 Å². The number of hydrogen-bond donors (Lipinski definition) is 1. The van der Waals surface area contributed by atoms with Crippen LogP contribution in [0.3, 0.4) is 0 Å². The van der Waals surface area contributed by atoms with E-state index >= 15 is 0 Å². The van der Waals surface area contributed by atoms with E-state index in [1.165, 1.54) is 11.8 Å². The van der Waals surface area contributed by atoms with Crippen LogP contribution in [0, 0.1) is 0 Å². The van der Waals surface area contributed by atoms with Crippen molar-refractivity contribution >= 4 is 40.7 Å². The van der Waals surface area contributed by atoms with Crippen molar-refractivity contribution < 1.29 is 4.74 Å². The normalized spacial score (nSPS) is 13.0. The number of ether oxygens (including phenoxy) is 1. The molecule has 0 radical (unpaired) electrons. The van der Waals surface area contributed by atoms with E-state index in [0.29, 0.717) is 28.2 Å². The van der Waals surface area contributed by atoms with Gasteiger partial charge in [0, 0.05) is 16.5 Å². The number of aromatic nitrogens is 3. The van der Waals surface area contributed by atoms with Gasteiger partial charge in [0.2, 0.25) is 5.16 Å². The molecule has 26 heavy (non-hydrogen) atoms. The van der Waals surface area contributed by atoms with Gasteiger partial charge in [-0.1, -0.05) is 47.1 Å². The molecule has 8 heteroatoms. The minimum atomic E-state index is 0.568. The maximum atomic E-state index is 6.32. The highest BCUT2D eigenvalue weighted by Gasteiger charge is 2.21. The summed E-state index contributed by atoms with van der Waals surface area (Å²) in [6.45, 7) is 2.50. The lowest BCUT2D eigenvalue weighted by molar-refractivity contribution is 0.340. The van der Waals surface area contributed by atoms with Crippen LogP contribution in [0.15, 0.2) is 53.0 Å². The largest absolute Gasteiger partial charge is 0.492 e. The summed E-state index contributed by atoms with van der Waals surface area (Å²) in [7, 11) is 0. The van der Waals surface area contributed by atoms with Crippen molar-refractivity contribution in [3.63, 3.8) is 0 Å². The van der Waals surface area contributed by atoms with E-state index in [2.05, 4.69) is 15.6 Å². The highest BCUT2D eigenvalue weighted by atomic mass is 35.5. The summed E-state index contributed by atoms with van der Waals surface area (Å²) < 4.78 is 7.32. The van der Waals surface area contributed by atoms with Crippen LogP contribution in [0.1, 0.15) is 12.5 Å². The predicted molar refractivity (Wildman–Crippen MR) is 106 cm³/mol. The fraction of sp³-hybridized carbons (Fsp3) is 0.111. The van der Waals surface area contributed by atoms with Crippen molar-refractivity contribution in [3.8, 4) is 17.1 Å². The smallest absolute Gasteiger partial charge is 0.214 e. The zero-order valence-electron chi connectivity index (χ0n) is 13.7. The number of nitrogens with one attached hydrogen (secondary N) is 1. The highest BCUT2D eigenvalue weighted by molar-refractivity contribution is 8.02. The third-order valence-electron chi connectivity index (χ3n) is 3.81. The summed E-state index contributed by atoms with van der Waals surface area (Å²) in [4.78, 5) is 0. The van der Waals surface area contributed by atoms with Crippen molar-refractivity contribution in [1.29, 1.82) is 0 Å². The first-order valence-electron chi connectivity index (χ1n) is 7.94. The Hall–Kier alpha value is -2.15. The Labute approximate surface area is 164 Å². The molecule has 2 heterocycles. The van der Waals surface area contributed by atoms with Crippen LogP contribution in [-0.2, 0) is 0 Å². The van der Waals surface area contributed by atoms with Crippen LogP contribution in [0.25, 0.3) is 17.1 Å². The molecule has 0 saturated heterocycles. The molecule has 3 aromatic rings. The van der Waals surface area contributed by atoms with E-state index in [4.69, 9.17) is 27.9 Å². The molecule has 2 aromatic carbocycles. The third-order valence-corrected chi connectivity index (χ3v) is 5.26. The molecule has 132 valence electrons. The standard InChI is InChI=1S/C18H14Cl2N4OS/c1-2-25-16-8-7-11(9-14(16)20)15-10-26-18-22-21-17(24(18)23-15)12-5-3-4-6-13(12)19/h3-10,23H,2H2,1H3. The molecular formula is C18H14Cl2N4OS. The molecule has 1 aliphatic rings. The Morgan fingerprint density at radius 2 is 1.96 bits per heavy atom. The first-order chi connectivity index (χ1) is 12.7. The van der Waals surface area contributed by atoms with E-state index < -0.39 is 0 Å². The van der Waals surface area contributed by atoms with Gasteiger partial charge in [0.25, 0.3) is 0 Å². The highest BCUT2D eigenvalue weighted by Crippen LogP contribution is 2.35. The Balaban J connectivity index is 1.67. The van der Waals surface area contributed by atoms with Crippen LogP contribution in [0.2, 0.25) is 10.0 Å². The first-order valence-corrected chi connectivity index (χ1v) is 9.58. The lowest BCUT2D eigenvalue weighted by Gasteiger charge is -2.20. The average molecular weight is 405 g/mol. The van der Waals surface area contributed by atoms with E-state index in [1.807, 2.05) is 59.5 Å². The van der Waals surface area contributed by atoms with Crippen LogP contribution in [-0.4, -0.2) is 21.5 Å². The second-order valence-corrected chi connectivity index (χ2v) is 7.11. The number of halogens is 2. The van der Waals surface area contributed by atoms with Gasteiger partial charge < -0.3 is 4.74 Å². The zero-order valence-corrected chi connectivity index (χ0v) is 16.1. The molecule has 0 saturated carbocycles. The number of nitrogens with zero attached hydrogens (tertiary/aromatic N) is 3. The first kappa shape index (κ1) is 17.3. The van der Waals surface area contributed by atoms with Crippen molar-refractivity contribution in [3.05, 3.63) is 63.5 Å². The molecule has 0 bridgehead atoms. The average Bonchev–Trinajstić information content (AvgIpc) is 3.07. The fourth-order valence-corrected chi connectivity index (χ4v) is 3.79. The van der Waals surface area contributed by atoms with Crippen molar-refractivity contribution in [2.45, 2.75) is 12.1 Å². The maximum absolute atomic E-state index is 6.32. The SMILES string of the molecule is CCOc1ccc(C2=CSc3nnc(-c4ccccc4Cl)n3N2)cc1Cl. The van der Waals surface area contributed by atoms with E-state index in [-0.39, 0.29) is 0 Å². The summed E-state index contributed by atoms with van der Waals surface area (Å²) in [5.41, 5.74) is 5.98. The molecule has 4 rings (SSSR count). The van der Waals surface area contributed by atoms with Gasteiger partial charge in [-0.3, -0.25) is 5.43 Å². The molecule has 1 N–H and O–H groups in total. The molecule has 0 spiro atoms. The van der Waals surface area contributed by atoms with Crippen molar-refractivity contribution in [1.82, 2.24) is 14.9 Å². The van der Waals surface area contributed by atoms with Crippen LogP contribution >= 0.6 is 35.0 Å². The van der Waals surface area contributed by atoms with Crippen LogP contribution < -0.4 is 10.2 Å². The van der Waals surface area contributed by atoms with Crippen LogP contribution in [0.4, 0.5) is 0 Å². The number of fused-ring (bicyclic) bond motifs is 1. The molecule has 1 aliphatic heterocycles. The minimum Gasteiger partial charge on any atom is -0.492 e. The monoisotopic (exact) mass is 404 g/mol. The summed E-state index contributed by atoms with van der Waals surface area (Å²) in [6.07, 6.45) is 0. The maximum Gasteiger partial charge on any atom is 0.214 e. The Morgan fingerprint density at radius 3 is 2.73 bits per heavy atom. The Morgan fingerprint density at radius 1 is 1.12 bits per heavy atom. The second-order valence-electron chi connectivity index (χ2n) is 5.46. The van der Waals surface area contributed by atoms with Gasteiger partial charge in [-0.25, -0.2) is 4.68 Å². The zero-order chi connectivity index (χ0) is 18.1. The Kier molecular flexibility index (Phi) is 4.80. The second kappa shape index (κ2) is 7.23. The summed E-state index contributed by atoms with van der Waals surface area (Å²) in [5.74, 6) is 1.32. The van der Waals surface area contributed by atoms with Gasteiger partial charge in [-0.05, 0) is 37.3 Å². The third kappa shape index (κ3) is 3.16. The number of thioether (sulfide) groups is 1. The predicted octanol–water partition coefficient (Wildman–Crippen LogP) is 5.30. The number of benzene rings is 2. The lowest BCUT2D eigenvalue weighted by Crippen LogP contribution is -2.18. The van der Waals surface area contributed by atoms with Crippen molar-refractivity contribution in [2.75, 3.05) is 12.0 Å². The van der Waals surface area contributed by atoms with Gasteiger partial charge in [0.05, 0.1) is 22.3 Å². The van der Waals surface area contributed by atoms with Gasteiger partial charge >= 0.3 is 0 Å². The van der Waals surface area contributed by atoms with Gasteiger partial charge in [0.1, 0.15) is 5.75 Å². The van der Waals surface area contributed by atoms with Gasteiger partial charge in [0.15, 0.2) is 5.82 Å². The summed E-state index contributed by atoms with van der Waals surface area (Å²) in [6, 6.07) is 13.2. The molecule has 1 aromatic heterocycles. The molecule has 5 nitrogen and oxygen atoms in total. The van der Waals surface area contributed by atoms with E-state index in [0.717, 1.165) is 22.0 Å². The fourth-order valence-electron chi connectivity index (χ4n) is 2.60. The van der Waals surface area contributed by atoms with E-state index in [1.54, 1.807) is 0 Å². The minimum absolute atomic E-state index is 0.568. The lowest BCUT2D eigenvalue weighted by atomic mass is 10.1. The van der Waals surface area contributed by atoms with Crippen molar-refractivity contribution in [2.24, 2.45) is 0 Å². The molecule has 0 amide bonds. The van der Waals surface area contributed by atoms with Gasteiger partial charge in [-0.2, -0.15) is 0 Å².